The Bertz CT molecular complexity index is 1270. The number of carbonyl (C=O) groups excluding carboxylic acids is 1. The first-order valence-corrected chi connectivity index (χ1v) is 11.0. The Hall–Kier alpha value is -3.33. The fourth-order valence-electron chi connectivity index (χ4n) is 3.15. The van der Waals surface area contributed by atoms with Crippen molar-refractivity contribution >= 4 is 27.3 Å². The van der Waals surface area contributed by atoms with Gasteiger partial charge in [-0.1, -0.05) is 30.3 Å². The van der Waals surface area contributed by atoms with Crippen molar-refractivity contribution in [2.24, 2.45) is 0 Å². The largest absolute Gasteiger partial charge is 0.416 e. The van der Waals surface area contributed by atoms with E-state index in [0.717, 1.165) is 23.3 Å². The summed E-state index contributed by atoms with van der Waals surface area (Å²) in [7, 11) is -4.01. The molecule has 1 amide bonds. The second-order valence-corrected chi connectivity index (χ2v) is 9.06. The van der Waals surface area contributed by atoms with Crippen LogP contribution in [0.1, 0.15) is 32.6 Å². The number of anilines is 2. The Morgan fingerprint density at radius 3 is 2.09 bits per heavy atom. The number of rotatable bonds is 5. The number of nitrogens with one attached hydrogen (secondary N) is 2. The summed E-state index contributed by atoms with van der Waals surface area (Å²) in [5, 5.41) is 2.40. The highest BCUT2D eigenvalue weighted by Crippen LogP contribution is 2.31. The first kappa shape index (κ1) is 23.3. The molecule has 0 spiro atoms. The number of aryl methyl sites for hydroxylation is 3. The third-order valence-corrected chi connectivity index (χ3v) is 6.28. The van der Waals surface area contributed by atoms with Gasteiger partial charge >= 0.3 is 6.18 Å². The first-order valence-electron chi connectivity index (χ1n) is 9.57. The summed E-state index contributed by atoms with van der Waals surface area (Å²) in [6.07, 6.45) is -4.55. The van der Waals surface area contributed by atoms with Gasteiger partial charge in [0.25, 0.3) is 15.9 Å². The molecule has 0 aliphatic heterocycles. The standard InChI is InChI=1S/C23H21F3N2O3S/c1-14-10-11-19(32(30,31)28-21-15(2)6-4-7-16(21)3)13-20(14)22(29)27-18-9-5-8-17(12-18)23(24,25)26/h4-13,28H,1-3H3,(H,27,29). The average Bonchev–Trinajstić information content (AvgIpc) is 2.70. The lowest BCUT2D eigenvalue weighted by Crippen LogP contribution is -2.18. The van der Waals surface area contributed by atoms with Crippen molar-refractivity contribution in [3.63, 3.8) is 0 Å². The topological polar surface area (TPSA) is 75.3 Å². The molecular weight excluding hydrogens is 441 g/mol. The second-order valence-electron chi connectivity index (χ2n) is 7.38. The van der Waals surface area contributed by atoms with Crippen LogP contribution in [0.3, 0.4) is 0 Å². The molecule has 0 aliphatic carbocycles. The molecular formula is C23H21F3N2O3S. The van der Waals surface area contributed by atoms with Gasteiger partial charge in [0.05, 0.1) is 16.1 Å². The van der Waals surface area contributed by atoms with E-state index in [0.29, 0.717) is 11.3 Å². The molecule has 9 heteroatoms. The van der Waals surface area contributed by atoms with Gasteiger partial charge in [-0.3, -0.25) is 9.52 Å². The molecule has 0 saturated heterocycles. The number of carbonyl (C=O) groups is 1. The predicted molar refractivity (Wildman–Crippen MR) is 117 cm³/mol. The normalized spacial score (nSPS) is 11.8. The molecule has 0 aliphatic rings. The molecule has 0 fully saturated rings. The smallest absolute Gasteiger partial charge is 0.322 e. The van der Waals surface area contributed by atoms with Crippen LogP contribution >= 0.6 is 0 Å². The van der Waals surface area contributed by atoms with Crippen molar-refractivity contribution in [1.82, 2.24) is 0 Å². The third-order valence-electron chi connectivity index (χ3n) is 4.93. The molecule has 3 rings (SSSR count). The molecule has 0 atom stereocenters. The highest BCUT2D eigenvalue weighted by atomic mass is 32.2. The van der Waals surface area contributed by atoms with E-state index in [4.69, 9.17) is 0 Å². The molecule has 2 N–H and O–H groups in total. The molecule has 0 bridgehead atoms. The van der Waals surface area contributed by atoms with Crippen molar-refractivity contribution in [2.75, 3.05) is 10.0 Å². The Labute approximate surface area is 184 Å². The van der Waals surface area contributed by atoms with E-state index in [1.165, 1.54) is 30.3 Å². The van der Waals surface area contributed by atoms with Gasteiger partial charge in [0.1, 0.15) is 0 Å². The number of sulfonamides is 1. The maximum Gasteiger partial charge on any atom is 0.416 e. The van der Waals surface area contributed by atoms with Gasteiger partial charge in [-0.25, -0.2) is 8.42 Å². The van der Waals surface area contributed by atoms with Crippen LogP contribution in [0, 0.1) is 20.8 Å². The molecule has 3 aromatic rings. The molecule has 0 heterocycles. The van der Waals surface area contributed by atoms with Crippen LogP contribution < -0.4 is 10.0 Å². The van der Waals surface area contributed by atoms with Gasteiger partial charge in [0.15, 0.2) is 0 Å². The van der Waals surface area contributed by atoms with E-state index < -0.39 is 27.7 Å². The minimum absolute atomic E-state index is 0.0341. The van der Waals surface area contributed by atoms with Crippen LogP contribution in [0.4, 0.5) is 24.5 Å². The van der Waals surface area contributed by atoms with Gasteiger partial charge in [0.2, 0.25) is 0 Å². The van der Waals surface area contributed by atoms with Crippen LogP contribution in [0.5, 0.6) is 0 Å². The fourth-order valence-corrected chi connectivity index (χ4v) is 4.38. The molecule has 5 nitrogen and oxygen atoms in total. The highest BCUT2D eigenvalue weighted by molar-refractivity contribution is 7.92. The molecule has 0 unspecified atom stereocenters. The second kappa shape index (κ2) is 8.66. The Kier molecular flexibility index (Phi) is 6.32. The number of halogens is 3. The third kappa shape index (κ3) is 5.11. The van der Waals surface area contributed by atoms with Gasteiger partial charge < -0.3 is 5.32 Å². The predicted octanol–water partition coefficient (Wildman–Crippen LogP) is 5.68. The van der Waals surface area contributed by atoms with Crippen molar-refractivity contribution in [3.05, 3.63) is 88.5 Å². The van der Waals surface area contributed by atoms with Crippen molar-refractivity contribution in [2.45, 2.75) is 31.8 Å². The lowest BCUT2D eigenvalue weighted by atomic mass is 10.1. The number of hydrogen-bond acceptors (Lipinski definition) is 3. The fraction of sp³-hybridized carbons (Fsp3) is 0.174. The van der Waals surface area contributed by atoms with E-state index in [9.17, 15) is 26.4 Å². The quantitative estimate of drug-likeness (QED) is 0.512. The zero-order valence-corrected chi connectivity index (χ0v) is 18.4. The number of alkyl halides is 3. The van der Waals surface area contributed by atoms with Crippen LogP contribution in [-0.4, -0.2) is 14.3 Å². The minimum atomic E-state index is -4.55. The summed E-state index contributed by atoms with van der Waals surface area (Å²) in [4.78, 5) is 12.6. The summed E-state index contributed by atoms with van der Waals surface area (Å²) in [5.41, 5.74) is 1.48. The SMILES string of the molecule is Cc1ccc(S(=O)(=O)Nc2c(C)cccc2C)cc1C(=O)Nc1cccc(C(F)(F)F)c1. The summed E-state index contributed by atoms with van der Waals surface area (Å²) in [6.45, 7) is 5.15. The Morgan fingerprint density at radius 1 is 0.844 bits per heavy atom. The summed E-state index contributed by atoms with van der Waals surface area (Å²) in [6, 6.07) is 13.6. The van der Waals surface area contributed by atoms with E-state index in [1.807, 2.05) is 6.07 Å². The van der Waals surface area contributed by atoms with Crippen LogP contribution in [-0.2, 0) is 16.2 Å². The molecule has 0 saturated carbocycles. The zero-order chi connectivity index (χ0) is 23.7. The van der Waals surface area contributed by atoms with E-state index in [1.54, 1.807) is 32.9 Å². The van der Waals surface area contributed by atoms with E-state index in [-0.39, 0.29) is 16.1 Å². The number of hydrogen-bond donors (Lipinski definition) is 2. The lowest BCUT2D eigenvalue weighted by Gasteiger charge is -2.15. The maximum absolute atomic E-state index is 12.9. The van der Waals surface area contributed by atoms with E-state index in [2.05, 4.69) is 10.0 Å². The Morgan fingerprint density at radius 2 is 1.47 bits per heavy atom. The maximum atomic E-state index is 12.9. The highest BCUT2D eigenvalue weighted by Gasteiger charge is 2.30. The molecule has 168 valence electrons. The van der Waals surface area contributed by atoms with Gasteiger partial charge in [-0.15, -0.1) is 0 Å². The molecule has 32 heavy (non-hydrogen) atoms. The molecule has 3 aromatic carbocycles. The monoisotopic (exact) mass is 462 g/mol. The molecule has 0 aromatic heterocycles. The van der Waals surface area contributed by atoms with Gasteiger partial charge in [-0.2, -0.15) is 13.2 Å². The number of para-hydroxylation sites is 1. The number of benzene rings is 3. The molecule has 0 radical (unpaired) electrons. The first-order chi connectivity index (χ1) is 14.9. The van der Waals surface area contributed by atoms with Crippen LogP contribution in [0.2, 0.25) is 0 Å². The summed E-state index contributed by atoms with van der Waals surface area (Å²) in [5.74, 6) is -0.717. The average molecular weight is 462 g/mol. The lowest BCUT2D eigenvalue weighted by molar-refractivity contribution is -0.137. The van der Waals surface area contributed by atoms with E-state index >= 15 is 0 Å². The number of amides is 1. The minimum Gasteiger partial charge on any atom is -0.322 e. The summed E-state index contributed by atoms with van der Waals surface area (Å²) >= 11 is 0. The summed E-state index contributed by atoms with van der Waals surface area (Å²) < 4.78 is 67.2. The van der Waals surface area contributed by atoms with Crippen molar-refractivity contribution < 1.29 is 26.4 Å². The van der Waals surface area contributed by atoms with Gasteiger partial charge in [-0.05, 0) is 67.8 Å². The zero-order valence-electron chi connectivity index (χ0n) is 17.5. The van der Waals surface area contributed by atoms with Crippen molar-refractivity contribution in [1.29, 1.82) is 0 Å². The Balaban J connectivity index is 1.91. The van der Waals surface area contributed by atoms with Gasteiger partial charge in [0, 0.05) is 11.3 Å². The van der Waals surface area contributed by atoms with Crippen LogP contribution in [0.15, 0.2) is 65.6 Å². The van der Waals surface area contributed by atoms with Crippen LogP contribution in [0.25, 0.3) is 0 Å². The van der Waals surface area contributed by atoms with Crippen molar-refractivity contribution in [3.8, 4) is 0 Å².